The zero-order valence-electron chi connectivity index (χ0n) is 10.7. The maximum Gasteiger partial charge on any atom is 4.00 e. The van der Waals surface area contributed by atoms with Gasteiger partial charge in [0.15, 0.2) is 0 Å². The third kappa shape index (κ3) is 6.04. The molecule has 0 nitrogen and oxygen atoms in total. The number of rotatable bonds is 0. The van der Waals surface area contributed by atoms with Crippen molar-refractivity contribution in [2.24, 2.45) is 5.92 Å². The van der Waals surface area contributed by atoms with Crippen LogP contribution in [-0.4, -0.2) is 0 Å². The van der Waals surface area contributed by atoms with Gasteiger partial charge in [0.1, 0.15) is 0 Å². The van der Waals surface area contributed by atoms with Crippen LogP contribution in [-0.2, 0) is 26.2 Å². The summed E-state index contributed by atoms with van der Waals surface area (Å²) in [6, 6.07) is 0. The zero-order chi connectivity index (χ0) is 10.5. The van der Waals surface area contributed by atoms with Gasteiger partial charge in [0, 0.05) is 0 Å². The second kappa shape index (κ2) is 11.3. The van der Waals surface area contributed by atoms with Gasteiger partial charge in [-0.25, -0.2) is 18.2 Å². The summed E-state index contributed by atoms with van der Waals surface area (Å²) in [7, 11) is 0. The Bertz CT molecular complexity index is 330. The third-order valence-electron chi connectivity index (χ3n) is 3.17. The summed E-state index contributed by atoms with van der Waals surface area (Å²) in [6.07, 6.45) is 21.0. The van der Waals surface area contributed by atoms with E-state index in [9.17, 15) is 0 Å². The predicted octanol–water partition coefficient (Wildman–Crippen LogP) is -1.82. The van der Waals surface area contributed by atoms with E-state index >= 15 is 0 Å². The van der Waals surface area contributed by atoms with Crippen LogP contribution in [0.2, 0.25) is 0 Å². The Morgan fingerprint density at radius 3 is 2.39 bits per heavy atom. The monoisotopic (exact) mass is 358 g/mol. The van der Waals surface area contributed by atoms with Crippen LogP contribution in [0.5, 0.6) is 0 Å². The topological polar surface area (TPSA) is 0 Å². The van der Waals surface area contributed by atoms with Crippen molar-refractivity contribution in [2.45, 2.75) is 39.0 Å². The van der Waals surface area contributed by atoms with E-state index in [2.05, 4.69) is 31.2 Å². The van der Waals surface area contributed by atoms with E-state index in [-0.39, 0.29) is 51.0 Å². The molecule has 3 rings (SSSR count). The fourth-order valence-electron chi connectivity index (χ4n) is 2.28. The minimum Gasteiger partial charge on any atom is -1.00 e. The number of allylic oxidation sites excluding steroid dienone is 8. The Labute approximate surface area is 143 Å². The minimum atomic E-state index is 0. The summed E-state index contributed by atoms with van der Waals surface area (Å²) >= 11 is 0. The fourth-order valence-corrected chi connectivity index (χ4v) is 2.28. The zero-order valence-corrected chi connectivity index (χ0v) is 14.6. The molecule has 3 aliphatic carbocycles. The molecule has 0 amide bonds. The molecule has 0 saturated carbocycles. The number of halogens is 2. The van der Waals surface area contributed by atoms with Crippen LogP contribution in [0.25, 0.3) is 0 Å². The average Bonchev–Trinajstić information content (AvgIpc) is 2.92. The Morgan fingerprint density at radius 1 is 1.17 bits per heavy atom. The van der Waals surface area contributed by atoms with Crippen molar-refractivity contribution in [3.8, 4) is 0 Å². The van der Waals surface area contributed by atoms with Crippen molar-refractivity contribution in [2.75, 3.05) is 0 Å². The van der Waals surface area contributed by atoms with E-state index in [0.29, 0.717) is 5.92 Å². The fraction of sp³-hybridized carbons (Fsp3) is 0.467. The van der Waals surface area contributed by atoms with Gasteiger partial charge in [-0.15, -0.1) is 6.42 Å². The molecule has 0 heterocycles. The molecule has 0 saturated heterocycles. The average molecular weight is 360 g/mol. The summed E-state index contributed by atoms with van der Waals surface area (Å²) in [4.78, 5) is 0. The standard InChI is InChI=1S/C10H13.C5H5.2ClH.Zr/c1-8-6-7-9-4-2-3-5-10(8)9;1-2-4-5-3-1;;;/h7-8H,2-5H2,1H3;1-3H,4H2;2*1H;/q2*-1;;;+4/p-2. The summed E-state index contributed by atoms with van der Waals surface area (Å²) in [5.74, 6) is 0.635. The van der Waals surface area contributed by atoms with Crippen LogP contribution in [0.1, 0.15) is 39.0 Å². The summed E-state index contributed by atoms with van der Waals surface area (Å²) < 4.78 is 0. The maximum atomic E-state index is 3.36. The van der Waals surface area contributed by atoms with E-state index in [0.717, 1.165) is 6.42 Å². The van der Waals surface area contributed by atoms with Gasteiger partial charge in [0.05, 0.1) is 0 Å². The van der Waals surface area contributed by atoms with Crippen molar-refractivity contribution in [1.82, 2.24) is 0 Å². The van der Waals surface area contributed by atoms with E-state index in [1.54, 1.807) is 11.1 Å². The first-order chi connectivity index (χ1) is 7.38. The van der Waals surface area contributed by atoms with Crippen LogP contribution in [0.3, 0.4) is 0 Å². The van der Waals surface area contributed by atoms with Crippen molar-refractivity contribution >= 4 is 0 Å². The van der Waals surface area contributed by atoms with Crippen molar-refractivity contribution in [3.05, 3.63) is 47.6 Å². The normalized spacial score (nSPS) is 22.2. The van der Waals surface area contributed by atoms with Gasteiger partial charge in [0.2, 0.25) is 0 Å². The van der Waals surface area contributed by atoms with E-state index < -0.39 is 0 Å². The number of hydrogen-bond donors (Lipinski definition) is 0. The first-order valence-corrected chi connectivity index (χ1v) is 5.91. The summed E-state index contributed by atoms with van der Waals surface area (Å²) in [5, 5.41) is 0. The summed E-state index contributed by atoms with van der Waals surface area (Å²) in [5.41, 5.74) is 3.27. The predicted molar refractivity (Wildman–Crippen MR) is 64.0 cm³/mol. The molecule has 96 valence electrons. The Balaban J connectivity index is 0. The molecule has 18 heavy (non-hydrogen) atoms. The van der Waals surface area contributed by atoms with Gasteiger partial charge in [-0.1, -0.05) is 32.1 Å². The SMILES string of the molecule is CC1[C-]=CC2=C1CCCC2.[C-]1=CC=CC1.[Cl-].[Cl-].[Zr+4]. The molecule has 0 N–H and O–H groups in total. The molecule has 0 aromatic heterocycles. The molecular weight excluding hydrogens is 342 g/mol. The minimum absolute atomic E-state index is 0. The maximum absolute atomic E-state index is 3.36. The summed E-state index contributed by atoms with van der Waals surface area (Å²) in [6.45, 7) is 2.25. The molecule has 3 aliphatic rings. The van der Waals surface area contributed by atoms with E-state index in [1.807, 2.05) is 12.2 Å². The van der Waals surface area contributed by atoms with Gasteiger partial charge in [-0.2, -0.15) is 17.2 Å². The quantitative estimate of drug-likeness (QED) is 0.446. The molecule has 0 spiro atoms. The number of hydrogen-bond acceptors (Lipinski definition) is 0. The van der Waals surface area contributed by atoms with Gasteiger partial charge in [-0.05, 0) is 6.42 Å². The van der Waals surface area contributed by atoms with Crippen LogP contribution in [0, 0.1) is 18.1 Å². The van der Waals surface area contributed by atoms with E-state index in [1.165, 1.54) is 25.7 Å². The van der Waals surface area contributed by atoms with Gasteiger partial charge in [0.25, 0.3) is 0 Å². The molecular formula is C15H18Cl2Zr. The van der Waals surface area contributed by atoms with Crippen LogP contribution < -0.4 is 24.8 Å². The molecule has 0 aromatic carbocycles. The van der Waals surface area contributed by atoms with Gasteiger partial charge in [-0.3, -0.25) is 12.2 Å². The Hall–Kier alpha value is 0.423. The second-order valence-corrected chi connectivity index (χ2v) is 4.29. The van der Waals surface area contributed by atoms with Crippen LogP contribution in [0.15, 0.2) is 35.5 Å². The molecule has 1 unspecified atom stereocenters. The molecule has 0 aliphatic heterocycles. The largest absolute Gasteiger partial charge is 4.00 e. The van der Waals surface area contributed by atoms with Crippen LogP contribution in [0.4, 0.5) is 0 Å². The molecule has 0 fully saturated rings. The Morgan fingerprint density at radius 2 is 1.89 bits per heavy atom. The van der Waals surface area contributed by atoms with Crippen LogP contribution >= 0.6 is 0 Å². The van der Waals surface area contributed by atoms with Crippen molar-refractivity contribution in [3.63, 3.8) is 0 Å². The second-order valence-electron chi connectivity index (χ2n) is 4.29. The molecule has 0 aromatic rings. The smallest absolute Gasteiger partial charge is 1.00 e. The first-order valence-electron chi connectivity index (χ1n) is 5.91. The van der Waals surface area contributed by atoms with E-state index in [4.69, 9.17) is 0 Å². The third-order valence-corrected chi connectivity index (χ3v) is 3.17. The molecule has 3 heteroatoms. The Kier molecular flexibility index (Phi) is 13.0. The molecule has 0 bridgehead atoms. The molecule has 0 radical (unpaired) electrons. The van der Waals surface area contributed by atoms with Crippen molar-refractivity contribution in [1.29, 1.82) is 0 Å². The van der Waals surface area contributed by atoms with Crippen molar-refractivity contribution < 1.29 is 51.0 Å². The van der Waals surface area contributed by atoms with Gasteiger partial charge >= 0.3 is 26.2 Å². The van der Waals surface area contributed by atoms with Gasteiger partial charge < -0.3 is 24.8 Å². The molecule has 1 atom stereocenters. The first kappa shape index (κ1) is 20.7.